The molecule has 7 heteroatoms. The molecule has 0 unspecified atom stereocenters. The van der Waals surface area contributed by atoms with Crippen LogP contribution >= 0.6 is 11.3 Å². The number of hydrogen-bond donors (Lipinski definition) is 0. The number of rotatable bonds is 3. The molecule has 0 aliphatic carbocycles. The number of morpholine rings is 1. The number of carbonyl (C=O) groups is 1. The lowest BCUT2D eigenvalue weighted by atomic mass is 10.0. The lowest BCUT2D eigenvalue weighted by Gasteiger charge is -2.42. The normalized spacial score (nSPS) is 24.4. The Bertz CT molecular complexity index is 810. The van der Waals surface area contributed by atoms with E-state index in [1.54, 1.807) is 23.5 Å². The summed E-state index contributed by atoms with van der Waals surface area (Å²) in [5, 5.41) is 0.953. The number of amides is 1. The zero-order valence-electron chi connectivity index (χ0n) is 15.3. The third kappa shape index (κ3) is 4.21. The van der Waals surface area contributed by atoms with E-state index >= 15 is 0 Å². The van der Waals surface area contributed by atoms with Crippen molar-refractivity contribution >= 4 is 22.2 Å². The summed E-state index contributed by atoms with van der Waals surface area (Å²) < 4.78 is 25.0. The van der Waals surface area contributed by atoms with Crippen LogP contribution in [0.3, 0.4) is 0 Å². The standard InChI is InChI=1S/C20H23FN2O3S/c1-15-2-7-19(27-15)23-13-20(26-11-18(23)24)12-22(8-9-25-14-20)10-16-3-5-17(21)6-4-16/h2-7H,8-14H2,1H3/t20-/m1/s1. The third-order valence-corrected chi connectivity index (χ3v) is 6.01. The van der Waals surface area contributed by atoms with E-state index < -0.39 is 5.60 Å². The fourth-order valence-corrected chi connectivity index (χ4v) is 4.51. The fraction of sp³-hybridized carbons (Fsp3) is 0.450. The van der Waals surface area contributed by atoms with E-state index in [0.717, 1.165) is 17.1 Å². The molecule has 2 aromatic rings. The van der Waals surface area contributed by atoms with Gasteiger partial charge in [-0.2, -0.15) is 0 Å². The first-order chi connectivity index (χ1) is 13.0. The second-order valence-electron chi connectivity index (χ2n) is 7.23. The van der Waals surface area contributed by atoms with Crippen LogP contribution in [-0.4, -0.2) is 55.9 Å². The van der Waals surface area contributed by atoms with Crippen LogP contribution in [-0.2, 0) is 20.8 Å². The Balaban J connectivity index is 1.51. The molecular weight excluding hydrogens is 367 g/mol. The minimum Gasteiger partial charge on any atom is -0.377 e. The van der Waals surface area contributed by atoms with Crippen LogP contribution in [0.25, 0.3) is 0 Å². The van der Waals surface area contributed by atoms with E-state index in [1.165, 1.54) is 17.0 Å². The average Bonchev–Trinajstić information content (AvgIpc) is 2.99. The number of anilines is 1. The van der Waals surface area contributed by atoms with E-state index in [1.807, 2.05) is 24.0 Å². The van der Waals surface area contributed by atoms with Gasteiger partial charge in [0.2, 0.25) is 0 Å². The number of nitrogens with zero attached hydrogens (tertiary/aromatic N) is 2. The third-order valence-electron chi connectivity index (χ3n) is 4.99. The highest BCUT2D eigenvalue weighted by molar-refractivity contribution is 7.16. The summed E-state index contributed by atoms with van der Waals surface area (Å²) in [5.41, 5.74) is 0.494. The first-order valence-electron chi connectivity index (χ1n) is 9.08. The minimum atomic E-state index is -0.553. The molecule has 4 rings (SSSR count). The van der Waals surface area contributed by atoms with Crippen molar-refractivity contribution < 1.29 is 18.7 Å². The van der Waals surface area contributed by atoms with Crippen LogP contribution in [0, 0.1) is 12.7 Å². The Labute approximate surface area is 162 Å². The number of benzene rings is 1. The summed E-state index contributed by atoms with van der Waals surface area (Å²) in [4.78, 5) is 17.7. The van der Waals surface area contributed by atoms with Gasteiger partial charge in [-0.25, -0.2) is 4.39 Å². The number of aryl methyl sites for hydroxylation is 1. The van der Waals surface area contributed by atoms with Gasteiger partial charge in [0.25, 0.3) is 5.91 Å². The van der Waals surface area contributed by atoms with Crippen molar-refractivity contribution in [3.63, 3.8) is 0 Å². The molecule has 5 nitrogen and oxygen atoms in total. The lowest BCUT2D eigenvalue weighted by Crippen LogP contribution is -2.60. The van der Waals surface area contributed by atoms with Crippen molar-refractivity contribution in [2.45, 2.75) is 19.1 Å². The Morgan fingerprint density at radius 1 is 1.19 bits per heavy atom. The van der Waals surface area contributed by atoms with Crippen LogP contribution in [0.4, 0.5) is 9.39 Å². The SMILES string of the molecule is Cc1ccc(N2C[C@]3(COCCN(Cc4ccc(F)cc4)C3)OCC2=O)s1. The zero-order chi connectivity index (χ0) is 18.9. The molecule has 1 spiro atoms. The van der Waals surface area contributed by atoms with E-state index in [-0.39, 0.29) is 18.3 Å². The number of ether oxygens (including phenoxy) is 2. The van der Waals surface area contributed by atoms with Crippen molar-refractivity contribution in [1.29, 1.82) is 0 Å². The fourth-order valence-electron chi connectivity index (χ4n) is 3.63. The monoisotopic (exact) mass is 390 g/mol. The van der Waals surface area contributed by atoms with Crippen LogP contribution in [0.1, 0.15) is 10.4 Å². The second-order valence-corrected chi connectivity index (χ2v) is 8.49. The highest BCUT2D eigenvalue weighted by atomic mass is 32.1. The van der Waals surface area contributed by atoms with Gasteiger partial charge in [0.05, 0.1) is 24.8 Å². The largest absolute Gasteiger partial charge is 0.377 e. The molecule has 3 heterocycles. The molecule has 2 fully saturated rings. The summed E-state index contributed by atoms with van der Waals surface area (Å²) in [7, 11) is 0. The van der Waals surface area contributed by atoms with Gasteiger partial charge >= 0.3 is 0 Å². The Kier molecular flexibility index (Phi) is 5.27. The molecule has 0 bridgehead atoms. The van der Waals surface area contributed by atoms with Crippen LogP contribution in [0.2, 0.25) is 0 Å². The molecule has 144 valence electrons. The molecular formula is C20H23FN2O3S. The molecule has 27 heavy (non-hydrogen) atoms. The highest BCUT2D eigenvalue weighted by Gasteiger charge is 2.43. The highest BCUT2D eigenvalue weighted by Crippen LogP contribution is 2.31. The molecule has 2 saturated heterocycles. The second kappa shape index (κ2) is 7.67. The van der Waals surface area contributed by atoms with E-state index in [0.29, 0.717) is 32.8 Å². The van der Waals surface area contributed by atoms with Crippen molar-refractivity contribution in [3.05, 3.63) is 52.7 Å². The van der Waals surface area contributed by atoms with Crippen molar-refractivity contribution in [2.24, 2.45) is 0 Å². The van der Waals surface area contributed by atoms with E-state index in [4.69, 9.17) is 9.47 Å². The summed E-state index contributed by atoms with van der Waals surface area (Å²) in [6.07, 6.45) is 0. The maximum absolute atomic E-state index is 13.2. The van der Waals surface area contributed by atoms with Gasteiger partial charge in [-0.15, -0.1) is 11.3 Å². The number of carbonyl (C=O) groups excluding carboxylic acids is 1. The number of halogens is 1. The van der Waals surface area contributed by atoms with Gasteiger partial charge in [0.1, 0.15) is 18.0 Å². The molecule has 1 amide bonds. The Morgan fingerprint density at radius 3 is 2.74 bits per heavy atom. The van der Waals surface area contributed by atoms with E-state index in [2.05, 4.69) is 4.90 Å². The summed E-state index contributed by atoms with van der Waals surface area (Å²) in [6, 6.07) is 10.6. The van der Waals surface area contributed by atoms with Gasteiger partial charge in [0, 0.05) is 24.5 Å². The first-order valence-corrected chi connectivity index (χ1v) is 9.90. The molecule has 0 radical (unpaired) electrons. The predicted molar refractivity (Wildman–Crippen MR) is 103 cm³/mol. The van der Waals surface area contributed by atoms with Gasteiger partial charge in [0.15, 0.2) is 0 Å². The summed E-state index contributed by atoms with van der Waals surface area (Å²) in [5.74, 6) is -0.248. The van der Waals surface area contributed by atoms with E-state index in [9.17, 15) is 9.18 Å². The molecule has 2 aliphatic heterocycles. The number of thiophene rings is 1. The maximum Gasteiger partial charge on any atom is 0.253 e. The van der Waals surface area contributed by atoms with Crippen molar-refractivity contribution in [3.8, 4) is 0 Å². The first kappa shape index (κ1) is 18.6. The van der Waals surface area contributed by atoms with Crippen molar-refractivity contribution in [2.75, 3.05) is 44.4 Å². The Morgan fingerprint density at radius 2 is 2.00 bits per heavy atom. The molecule has 0 saturated carbocycles. The van der Waals surface area contributed by atoms with Crippen LogP contribution in [0.5, 0.6) is 0 Å². The topological polar surface area (TPSA) is 42.0 Å². The quantitative estimate of drug-likeness (QED) is 0.808. The average molecular weight is 390 g/mol. The van der Waals surface area contributed by atoms with Gasteiger partial charge in [-0.05, 0) is 36.8 Å². The summed E-state index contributed by atoms with van der Waals surface area (Å²) >= 11 is 1.61. The Hall–Kier alpha value is -1.80. The molecule has 1 atom stereocenters. The van der Waals surface area contributed by atoms with Gasteiger partial charge in [-0.3, -0.25) is 14.6 Å². The van der Waals surface area contributed by atoms with Crippen LogP contribution in [0.15, 0.2) is 36.4 Å². The maximum atomic E-state index is 13.2. The zero-order valence-corrected chi connectivity index (χ0v) is 16.1. The minimum absolute atomic E-state index is 0.0168. The smallest absolute Gasteiger partial charge is 0.253 e. The number of hydrogen-bond acceptors (Lipinski definition) is 5. The molecule has 2 aliphatic rings. The predicted octanol–water partition coefficient (Wildman–Crippen LogP) is 2.83. The molecule has 0 N–H and O–H groups in total. The van der Waals surface area contributed by atoms with Crippen molar-refractivity contribution in [1.82, 2.24) is 4.90 Å². The summed E-state index contributed by atoms with van der Waals surface area (Å²) in [6.45, 7) is 5.78. The molecule has 1 aromatic heterocycles. The lowest BCUT2D eigenvalue weighted by molar-refractivity contribution is -0.146. The van der Waals surface area contributed by atoms with Crippen LogP contribution < -0.4 is 4.90 Å². The van der Waals surface area contributed by atoms with Gasteiger partial charge < -0.3 is 9.47 Å². The van der Waals surface area contributed by atoms with Gasteiger partial charge in [-0.1, -0.05) is 12.1 Å². The molecule has 1 aromatic carbocycles.